The Balaban J connectivity index is 1.79. The minimum absolute atomic E-state index is 0.0129. The number of hydrogen-bond donors (Lipinski definition) is 3. The van der Waals surface area contributed by atoms with E-state index in [2.05, 4.69) is 16.0 Å². The normalized spacial score (nSPS) is 13.5. The molecule has 0 aliphatic heterocycles. The number of hydrogen-bond acceptors (Lipinski definition) is 3. The summed E-state index contributed by atoms with van der Waals surface area (Å²) in [5.41, 5.74) is 1.11. The molecule has 1 aromatic rings. The van der Waals surface area contributed by atoms with E-state index in [1.54, 1.807) is 24.3 Å². The van der Waals surface area contributed by atoms with E-state index in [1.165, 1.54) is 0 Å². The predicted molar refractivity (Wildman–Crippen MR) is 88.0 cm³/mol. The van der Waals surface area contributed by atoms with Crippen molar-refractivity contribution in [2.75, 3.05) is 18.4 Å². The summed E-state index contributed by atoms with van der Waals surface area (Å²) >= 11 is 0. The highest BCUT2D eigenvalue weighted by Gasteiger charge is 2.29. The predicted octanol–water partition coefficient (Wildman–Crippen LogP) is 1.54. The number of benzene rings is 1. The Morgan fingerprint density at radius 1 is 1.13 bits per heavy atom. The number of carbonyl (C=O) groups excluding carboxylic acids is 3. The summed E-state index contributed by atoms with van der Waals surface area (Å²) in [6.07, 6.45) is 1.88. The third-order valence-corrected chi connectivity index (χ3v) is 3.57. The molecule has 0 heterocycles. The van der Waals surface area contributed by atoms with E-state index in [-0.39, 0.29) is 29.6 Å². The van der Waals surface area contributed by atoms with Crippen LogP contribution in [0, 0.1) is 11.8 Å². The van der Waals surface area contributed by atoms with Gasteiger partial charge in [-0.3, -0.25) is 14.4 Å². The third-order valence-electron chi connectivity index (χ3n) is 3.57. The number of carbonyl (C=O) groups is 3. The molecule has 0 atom stereocenters. The second kappa shape index (κ2) is 7.76. The number of amides is 3. The zero-order valence-electron chi connectivity index (χ0n) is 13.5. The van der Waals surface area contributed by atoms with Gasteiger partial charge in [0, 0.05) is 36.2 Å². The molecule has 0 saturated heterocycles. The van der Waals surface area contributed by atoms with Gasteiger partial charge in [-0.25, -0.2) is 0 Å². The Morgan fingerprint density at radius 3 is 2.48 bits per heavy atom. The summed E-state index contributed by atoms with van der Waals surface area (Å²) < 4.78 is 0. The molecule has 2 rings (SSSR count). The average Bonchev–Trinajstić information content (AvgIpc) is 3.36. The van der Waals surface area contributed by atoms with Crippen molar-refractivity contribution >= 4 is 23.4 Å². The van der Waals surface area contributed by atoms with Crippen molar-refractivity contribution in [3.63, 3.8) is 0 Å². The largest absolute Gasteiger partial charge is 0.354 e. The van der Waals surface area contributed by atoms with Gasteiger partial charge in [0.1, 0.15) is 0 Å². The summed E-state index contributed by atoms with van der Waals surface area (Å²) in [4.78, 5) is 35.2. The lowest BCUT2D eigenvalue weighted by molar-refractivity contribution is -0.124. The molecule has 1 aliphatic carbocycles. The monoisotopic (exact) mass is 317 g/mol. The lowest BCUT2D eigenvalue weighted by Gasteiger charge is -2.10. The van der Waals surface area contributed by atoms with Gasteiger partial charge in [-0.2, -0.15) is 0 Å². The quantitative estimate of drug-likeness (QED) is 0.667. The van der Waals surface area contributed by atoms with Crippen LogP contribution in [-0.2, 0) is 9.59 Å². The maximum atomic E-state index is 12.1. The van der Waals surface area contributed by atoms with E-state index in [4.69, 9.17) is 0 Å². The lowest BCUT2D eigenvalue weighted by Crippen LogP contribution is -2.36. The van der Waals surface area contributed by atoms with Crippen LogP contribution in [0.4, 0.5) is 5.69 Å². The highest BCUT2D eigenvalue weighted by atomic mass is 16.2. The SMILES string of the molecule is CC(C)C(=O)NCCNC(=O)c1cccc(NC(=O)C2CC2)c1. The summed E-state index contributed by atoms with van der Waals surface area (Å²) in [5.74, 6) is -0.205. The van der Waals surface area contributed by atoms with Gasteiger partial charge < -0.3 is 16.0 Å². The maximum absolute atomic E-state index is 12.1. The third kappa shape index (κ3) is 5.39. The van der Waals surface area contributed by atoms with Gasteiger partial charge in [0.15, 0.2) is 0 Å². The highest BCUT2D eigenvalue weighted by Crippen LogP contribution is 2.30. The first-order valence-corrected chi connectivity index (χ1v) is 7.94. The molecule has 6 nitrogen and oxygen atoms in total. The summed E-state index contributed by atoms with van der Waals surface area (Å²) in [6.45, 7) is 4.38. The summed E-state index contributed by atoms with van der Waals surface area (Å²) in [5, 5.41) is 8.30. The number of rotatable bonds is 7. The van der Waals surface area contributed by atoms with Crippen LogP contribution in [0.25, 0.3) is 0 Å². The molecular weight excluding hydrogens is 294 g/mol. The second-order valence-corrected chi connectivity index (χ2v) is 6.05. The first kappa shape index (κ1) is 17.0. The van der Waals surface area contributed by atoms with Crippen LogP contribution < -0.4 is 16.0 Å². The van der Waals surface area contributed by atoms with Crippen LogP contribution in [-0.4, -0.2) is 30.8 Å². The fourth-order valence-electron chi connectivity index (χ4n) is 2.00. The Labute approximate surface area is 136 Å². The van der Waals surface area contributed by atoms with E-state index in [9.17, 15) is 14.4 Å². The van der Waals surface area contributed by atoms with Gasteiger partial charge in [-0.15, -0.1) is 0 Å². The Morgan fingerprint density at radius 2 is 1.83 bits per heavy atom. The molecule has 124 valence electrons. The first-order valence-electron chi connectivity index (χ1n) is 7.94. The molecule has 1 saturated carbocycles. The van der Waals surface area contributed by atoms with E-state index in [0.717, 1.165) is 12.8 Å². The Bertz CT molecular complexity index is 595. The van der Waals surface area contributed by atoms with Crippen molar-refractivity contribution in [2.24, 2.45) is 11.8 Å². The van der Waals surface area contributed by atoms with Crippen LogP contribution in [0.5, 0.6) is 0 Å². The van der Waals surface area contributed by atoms with Crippen molar-refractivity contribution in [3.8, 4) is 0 Å². The molecule has 0 unspecified atom stereocenters. The second-order valence-electron chi connectivity index (χ2n) is 6.05. The van der Waals surface area contributed by atoms with Crippen molar-refractivity contribution in [3.05, 3.63) is 29.8 Å². The van der Waals surface area contributed by atoms with Gasteiger partial charge in [-0.1, -0.05) is 19.9 Å². The smallest absolute Gasteiger partial charge is 0.251 e. The molecule has 1 aromatic carbocycles. The molecule has 0 bridgehead atoms. The zero-order chi connectivity index (χ0) is 16.8. The van der Waals surface area contributed by atoms with E-state index in [1.807, 2.05) is 13.8 Å². The average molecular weight is 317 g/mol. The van der Waals surface area contributed by atoms with Crippen molar-refractivity contribution in [1.29, 1.82) is 0 Å². The van der Waals surface area contributed by atoms with Crippen molar-refractivity contribution < 1.29 is 14.4 Å². The van der Waals surface area contributed by atoms with Gasteiger partial charge in [0.05, 0.1) is 0 Å². The van der Waals surface area contributed by atoms with Crippen LogP contribution >= 0.6 is 0 Å². The Hall–Kier alpha value is -2.37. The molecule has 1 fully saturated rings. The summed E-state index contributed by atoms with van der Waals surface area (Å²) in [6, 6.07) is 6.84. The van der Waals surface area contributed by atoms with Crippen LogP contribution in [0.15, 0.2) is 24.3 Å². The Kier molecular flexibility index (Phi) is 5.73. The van der Waals surface area contributed by atoms with Crippen LogP contribution in [0.2, 0.25) is 0 Å². The van der Waals surface area contributed by atoms with Gasteiger partial charge in [-0.05, 0) is 31.0 Å². The molecule has 0 aromatic heterocycles. The summed E-state index contributed by atoms with van der Waals surface area (Å²) in [7, 11) is 0. The van der Waals surface area contributed by atoms with Crippen LogP contribution in [0.1, 0.15) is 37.0 Å². The maximum Gasteiger partial charge on any atom is 0.251 e. The number of nitrogens with one attached hydrogen (secondary N) is 3. The highest BCUT2D eigenvalue weighted by molar-refractivity contribution is 5.98. The first-order chi connectivity index (χ1) is 11.0. The fraction of sp³-hybridized carbons (Fsp3) is 0.471. The van der Waals surface area contributed by atoms with Gasteiger partial charge >= 0.3 is 0 Å². The van der Waals surface area contributed by atoms with E-state index in [0.29, 0.717) is 24.3 Å². The fourth-order valence-corrected chi connectivity index (χ4v) is 2.00. The van der Waals surface area contributed by atoms with E-state index < -0.39 is 0 Å². The number of anilines is 1. The van der Waals surface area contributed by atoms with Gasteiger partial charge in [0.25, 0.3) is 5.91 Å². The molecule has 6 heteroatoms. The lowest BCUT2D eigenvalue weighted by atomic mass is 10.2. The zero-order valence-corrected chi connectivity index (χ0v) is 13.5. The van der Waals surface area contributed by atoms with Crippen molar-refractivity contribution in [2.45, 2.75) is 26.7 Å². The molecule has 0 radical (unpaired) electrons. The van der Waals surface area contributed by atoms with E-state index >= 15 is 0 Å². The minimum atomic E-state index is -0.230. The minimum Gasteiger partial charge on any atom is -0.354 e. The molecule has 3 amide bonds. The molecule has 1 aliphatic rings. The topological polar surface area (TPSA) is 87.3 Å². The molecule has 0 spiro atoms. The molecular formula is C17H23N3O3. The van der Waals surface area contributed by atoms with Crippen LogP contribution in [0.3, 0.4) is 0 Å². The van der Waals surface area contributed by atoms with Gasteiger partial charge in [0.2, 0.25) is 11.8 Å². The van der Waals surface area contributed by atoms with Crippen molar-refractivity contribution in [1.82, 2.24) is 10.6 Å². The molecule has 23 heavy (non-hydrogen) atoms. The molecule has 3 N–H and O–H groups in total. The standard InChI is InChI=1S/C17H23N3O3/c1-11(2)15(21)18-8-9-19-16(22)13-4-3-5-14(10-13)20-17(23)12-6-7-12/h3-5,10-12H,6-9H2,1-2H3,(H,18,21)(H,19,22)(H,20,23).